The molecule has 1 heterocycles. The van der Waals surface area contributed by atoms with Crippen LogP contribution in [0.4, 0.5) is 0 Å². The first kappa shape index (κ1) is 24.0. The maximum absolute atomic E-state index is 12.9. The molecule has 0 aromatic heterocycles. The number of halogens is 2. The second-order valence-electron chi connectivity index (χ2n) is 7.87. The van der Waals surface area contributed by atoms with Gasteiger partial charge in [0.05, 0.1) is 30.2 Å². The Labute approximate surface area is 207 Å². The van der Waals surface area contributed by atoms with Crippen LogP contribution in [0.2, 0.25) is 10.0 Å². The van der Waals surface area contributed by atoms with Crippen molar-refractivity contribution in [3.8, 4) is 11.5 Å². The van der Waals surface area contributed by atoms with E-state index in [0.29, 0.717) is 57.7 Å². The van der Waals surface area contributed by atoms with Gasteiger partial charge in [-0.25, -0.2) is 4.79 Å². The Morgan fingerprint density at radius 2 is 1.88 bits per heavy atom. The van der Waals surface area contributed by atoms with Crippen LogP contribution in [0.5, 0.6) is 11.5 Å². The van der Waals surface area contributed by atoms with Gasteiger partial charge in [-0.15, -0.1) is 0 Å². The third-order valence-corrected chi connectivity index (χ3v) is 6.53. The van der Waals surface area contributed by atoms with Crippen molar-refractivity contribution in [2.45, 2.75) is 31.8 Å². The number of hydrogen-bond acceptors (Lipinski definition) is 7. The third-order valence-electron chi connectivity index (χ3n) is 5.79. The van der Waals surface area contributed by atoms with Crippen molar-refractivity contribution in [1.29, 1.82) is 0 Å². The van der Waals surface area contributed by atoms with Crippen LogP contribution in [0, 0.1) is 0 Å². The molecule has 178 valence electrons. The van der Waals surface area contributed by atoms with Gasteiger partial charge < -0.3 is 24.7 Å². The lowest BCUT2D eigenvalue weighted by Gasteiger charge is -2.32. The minimum Gasteiger partial charge on any atom is -0.493 e. The molecule has 4 rings (SSSR count). The summed E-state index contributed by atoms with van der Waals surface area (Å²) in [5.41, 5.74) is 8.08. The lowest BCUT2D eigenvalue weighted by Crippen LogP contribution is -2.31. The average Bonchev–Trinajstić information content (AvgIpc) is 2.83. The van der Waals surface area contributed by atoms with Gasteiger partial charge in [0.25, 0.3) is 0 Å². The highest BCUT2D eigenvalue weighted by molar-refractivity contribution is 6.42. The van der Waals surface area contributed by atoms with Gasteiger partial charge >= 0.3 is 5.97 Å². The van der Waals surface area contributed by atoms with E-state index in [9.17, 15) is 9.59 Å². The highest BCUT2D eigenvalue weighted by Gasteiger charge is 2.41. The van der Waals surface area contributed by atoms with Crippen molar-refractivity contribution in [3.63, 3.8) is 0 Å². The molecule has 2 N–H and O–H groups in total. The first-order chi connectivity index (χ1) is 16.3. The molecule has 0 radical (unpaired) electrons. The van der Waals surface area contributed by atoms with Gasteiger partial charge in [0.1, 0.15) is 17.9 Å². The Kier molecular flexibility index (Phi) is 7.05. The first-order valence-corrected chi connectivity index (χ1v) is 11.4. The molecular weight excluding hydrogens is 481 g/mol. The molecular formula is C25H23Cl2NO6. The zero-order chi connectivity index (χ0) is 24.4. The summed E-state index contributed by atoms with van der Waals surface area (Å²) in [5.74, 6) is -0.149. The summed E-state index contributed by atoms with van der Waals surface area (Å²) >= 11 is 12.1. The number of Topliss-reactive ketones (excluding diaryl/α,β-unsaturated/α-hetero) is 1. The van der Waals surface area contributed by atoms with Crippen molar-refractivity contribution < 1.29 is 28.5 Å². The van der Waals surface area contributed by atoms with Crippen molar-refractivity contribution in [2.24, 2.45) is 5.73 Å². The summed E-state index contributed by atoms with van der Waals surface area (Å²) in [5, 5.41) is 0.897. The van der Waals surface area contributed by atoms with Gasteiger partial charge in [0, 0.05) is 18.4 Å². The number of ether oxygens (including phenoxy) is 4. The van der Waals surface area contributed by atoms with Crippen LogP contribution in [-0.2, 0) is 25.7 Å². The van der Waals surface area contributed by atoms with E-state index in [1.54, 1.807) is 30.3 Å². The highest BCUT2D eigenvalue weighted by atomic mass is 35.5. The predicted octanol–water partition coefficient (Wildman–Crippen LogP) is 5.05. The monoisotopic (exact) mass is 503 g/mol. The number of benzene rings is 2. The Hall–Kier alpha value is -3.16. The maximum Gasteiger partial charge on any atom is 0.340 e. The van der Waals surface area contributed by atoms with Crippen molar-refractivity contribution in [2.75, 3.05) is 14.2 Å². The second-order valence-corrected chi connectivity index (χ2v) is 8.68. The van der Waals surface area contributed by atoms with Crippen molar-refractivity contribution in [3.05, 3.63) is 80.4 Å². The second kappa shape index (κ2) is 9.99. The molecule has 2 aromatic rings. The van der Waals surface area contributed by atoms with Crippen LogP contribution in [0.25, 0.3) is 0 Å². The van der Waals surface area contributed by atoms with E-state index in [2.05, 4.69) is 0 Å². The van der Waals surface area contributed by atoms with Crippen LogP contribution in [-0.4, -0.2) is 26.0 Å². The Morgan fingerprint density at radius 3 is 2.59 bits per heavy atom. The number of ketones is 1. The van der Waals surface area contributed by atoms with E-state index in [4.69, 9.17) is 47.9 Å². The number of nitrogens with two attached hydrogens (primary N) is 1. The zero-order valence-electron chi connectivity index (χ0n) is 18.7. The predicted molar refractivity (Wildman–Crippen MR) is 127 cm³/mol. The van der Waals surface area contributed by atoms with Crippen molar-refractivity contribution >= 4 is 35.0 Å². The van der Waals surface area contributed by atoms with Gasteiger partial charge in [0.15, 0.2) is 17.3 Å². The van der Waals surface area contributed by atoms with Crippen molar-refractivity contribution in [1.82, 2.24) is 0 Å². The third kappa shape index (κ3) is 4.58. The minimum absolute atomic E-state index is 0.0655. The molecule has 2 aliphatic rings. The van der Waals surface area contributed by atoms with E-state index >= 15 is 0 Å². The van der Waals surface area contributed by atoms with E-state index < -0.39 is 11.9 Å². The molecule has 1 atom stereocenters. The van der Waals surface area contributed by atoms with Gasteiger partial charge in [0.2, 0.25) is 5.88 Å². The van der Waals surface area contributed by atoms with Crippen LogP contribution >= 0.6 is 23.2 Å². The number of esters is 1. The molecule has 0 saturated heterocycles. The standard InChI is InChI=1S/C25H23Cl2NO6/c1-31-20-11-14(7-9-18(20)33-12-13-6-8-15(26)16(27)10-13)21-22-17(29)4-3-5-19(22)34-24(28)23(21)25(30)32-2/h6-11,21H,3-5,12,28H2,1-2H3/t21-/m1/s1. The fraction of sp³-hybridized carbons (Fsp3) is 0.280. The molecule has 0 amide bonds. The summed E-state index contributed by atoms with van der Waals surface area (Å²) < 4.78 is 22.1. The lowest BCUT2D eigenvalue weighted by molar-refractivity contribution is -0.136. The molecule has 34 heavy (non-hydrogen) atoms. The molecule has 7 nitrogen and oxygen atoms in total. The van der Waals surface area contributed by atoms with E-state index in [0.717, 1.165) is 5.56 Å². The van der Waals surface area contributed by atoms with E-state index in [1.165, 1.54) is 14.2 Å². The fourth-order valence-electron chi connectivity index (χ4n) is 4.17. The Bertz CT molecular complexity index is 1220. The molecule has 0 bridgehead atoms. The summed E-state index contributed by atoms with van der Waals surface area (Å²) in [7, 11) is 2.77. The van der Waals surface area contributed by atoms with Crippen LogP contribution in [0.15, 0.2) is 59.2 Å². The minimum atomic E-state index is -0.734. The van der Waals surface area contributed by atoms with Gasteiger partial charge in [-0.2, -0.15) is 0 Å². The highest BCUT2D eigenvalue weighted by Crippen LogP contribution is 2.45. The van der Waals surface area contributed by atoms with Gasteiger partial charge in [-0.3, -0.25) is 4.79 Å². The quantitative estimate of drug-likeness (QED) is 0.551. The number of hydrogen-bond donors (Lipinski definition) is 1. The fourth-order valence-corrected chi connectivity index (χ4v) is 4.49. The van der Waals surface area contributed by atoms with Crippen LogP contribution < -0.4 is 15.2 Å². The summed E-state index contributed by atoms with van der Waals surface area (Å²) in [6, 6.07) is 10.5. The summed E-state index contributed by atoms with van der Waals surface area (Å²) in [4.78, 5) is 25.5. The lowest BCUT2D eigenvalue weighted by atomic mass is 9.77. The number of allylic oxidation sites excluding steroid dienone is 2. The molecule has 1 aliphatic carbocycles. The molecule has 1 aliphatic heterocycles. The first-order valence-electron chi connectivity index (χ1n) is 10.6. The molecule has 0 unspecified atom stereocenters. The smallest absolute Gasteiger partial charge is 0.340 e. The molecule has 2 aromatic carbocycles. The van der Waals surface area contributed by atoms with Gasteiger partial charge in [-0.1, -0.05) is 35.3 Å². The number of carbonyl (C=O) groups is 2. The SMILES string of the molecule is COC(=O)C1=C(N)OC2=C(C(=O)CCC2)[C@H]1c1ccc(OCc2ccc(Cl)c(Cl)c2)c(OC)c1. The summed E-state index contributed by atoms with van der Waals surface area (Å²) in [6.45, 7) is 0.234. The number of rotatable bonds is 6. The Balaban J connectivity index is 1.70. The maximum atomic E-state index is 12.9. The normalized spacial score (nSPS) is 17.8. The van der Waals surface area contributed by atoms with Gasteiger partial charge in [-0.05, 0) is 41.8 Å². The average molecular weight is 504 g/mol. The number of carbonyl (C=O) groups excluding carboxylic acids is 2. The van der Waals surface area contributed by atoms with E-state index in [1.807, 2.05) is 6.07 Å². The topological polar surface area (TPSA) is 97.1 Å². The molecule has 9 heteroatoms. The Morgan fingerprint density at radius 1 is 1.09 bits per heavy atom. The van der Waals surface area contributed by atoms with E-state index in [-0.39, 0.29) is 23.8 Å². The number of methoxy groups -OCH3 is 2. The van der Waals surface area contributed by atoms with Crippen LogP contribution in [0.1, 0.15) is 36.3 Å². The zero-order valence-corrected chi connectivity index (χ0v) is 20.2. The molecule has 0 spiro atoms. The van der Waals surface area contributed by atoms with Crippen LogP contribution in [0.3, 0.4) is 0 Å². The summed E-state index contributed by atoms with van der Waals surface area (Å²) in [6.07, 6.45) is 1.60. The molecule has 0 fully saturated rings. The largest absolute Gasteiger partial charge is 0.493 e. The molecule has 0 saturated carbocycles.